The molecular weight excluding hydrogens is 164 g/mol. The van der Waals surface area contributed by atoms with Crippen molar-refractivity contribution < 1.29 is 9.63 Å². The number of hydrogen-bond donors (Lipinski definition) is 0. The molecule has 1 aliphatic rings. The van der Waals surface area contributed by atoms with Crippen LogP contribution in [0.3, 0.4) is 0 Å². The SMILES string of the molecule is CON(C)C(=O)C1CSC=N1. The molecule has 0 N–H and O–H groups in total. The Kier molecular flexibility index (Phi) is 2.90. The summed E-state index contributed by atoms with van der Waals surface area (Å²) in [6.07, 6.45) is 0. The highest BCUT2D eigenvalue weighted by Crippen LogP contribution is 2.12. The lowest BCUT2D eigenvalue weighted by molar-refractivity contribution is -0.169. The molecule has 0 radical (unpaired) electrons. The van der Waals surface area contributed by atoms with E-state index >= 15 is 0 Å². The Labute approximate surface area is 69.6 Å². The van der Waals surface area contributed by atoms with E-state index in [1.165, 1.54) is 12.2 Å². The van der Waals surface area contributed by atoms with Crippen LogP contribution in [-0.2, 0) is 9.63 Å². The smallest absolute Gasteiger partial charge is 0.271 e. The fourth-order valence-corrected chi connectivity index (χ4v) is 1.46. The summed E-state index contributed by atoms with van der Waals surface area (Å²) in [5, 5.41) is 1.20. The van der Waals surface area contributed by atoms with Gasteiger partial charge in [-0.05, 0) is 0 Å². The highest BCUT2D eigenvalue weighted by Gasteiger charge is 2.23. The maximum atomic E-state index is 11.3. The number of aliphatic imine (C=N–C) groups is 1. The van der Waals surface area contributed by atoms with E-state index < -0.39 is 0 Å². The minimum Gasteiger partial charge on any atom is -0.274 e. The Morgan fingerprint density at radius 3 is 3.09 bits per heavy atom. The first kappa shape index (κ1) is 8.55. The van der Waals surface area contributed by atoms with Crippen LogP contribution in [0.4, 0.5) is 0 Å². The van der Waals surface area contributed by atoms with Crippen LogP contribution in [0.1, 0.15) is 0 Å². The first-order chi connectivity index (χ1) is 5.25. The van der Waals surface area contributed by atoms with Crippen molar-refractivity contribution in [1.29, 1.82) is 0 Å². The van der Waals surface area contributed by atoms with Gasteiger partial charge in [0.1, 0.15) is 6.04 Å². The zero-order valence-corrected chi connectivity index (χ0v) is 7.30. The van der Waals surface area contributed by atoms with Crippen LogP contribution in [-0.4, -0.2) is 42.5 Å². The predicted octanol–water partition coefficient (Wildman–Crippen LogP) is 0.150. The van der Waals surface area contributed by atoms with Crippen molar-refractivity contribution in [2.45, 2.75) is 6.04 Å². The zero-order chi connectivity index (χ0) is 8.27. The summed E-state index contributed by atoms with van der Waals surface area (Å²) in [7, 11) is 3.05. The maximum Gasteiger partial charge on any atom is 0.271 e. The molecule has 1 atom stereocenters. The van der Waals surface area contributed by atoms with Crippen molar-refractivity contribution in [3.63, 3.8) is 0 Å². The summed E-state index contributed by atoms with van der Waals surface area (Å²) in [4.78, 5) is 19.9. The van der Waals surface area contributed by atoms with Gasteiger partial charge in [-0.15, -0.1) is 11.8 Å². The summed E-state index contributed by atoms with van der Waals surface area (Å²) in [5.74, 6) is 0.640. The molecule has 0 bridgehead atoms. The first-order valence-corrected chi connectivity index (χ1v) is 4.25. The molecule has 1 aliphatic heterocycles. The quantitative estimate of drug-likeness (QED) is 0.560. The number of nitrogens with zero attached hydrogens (tertiary/aromatic N) is 2. The van der Waals surface area contributed by atoms with Crippen LogP contribution >= 0.6 is 11.8 Å². The van der Waals surface area contributed by atoms with Gasteiger partial charge in [0, 0.05) is 12.8 Å². The third-order valence-corrected chi connectivity index (χ3v) is 2.22. The van der Waals surface area contributed by atoms with Gasteiger partial charge in [0.05, 0.1) is 12.7 Å². The minimum atomic E-state index is -0.245. The monoisotopic (exact) mass is 174 g/mol. The lowest BCUT2D eigenvalue weighted by Crippen LogP contribution is -2.34. The predicted molar refractivity (Wildman–Crippen MR) is 44.5 cm³/mol. The number of thioether (sulfide) groups is 1. The van der Waals surface area contributed by atoms with E-state index in [0.29, 0.717) is 0 Å². The molecule has 0 spiro atoms. The van der Waals surface area contributed by atoms with Crippen molar-refractivity contribution in [1.82, 2.24) is 5.06 Å². The number of amides is 1. The Bertz CT molecular complexity index is 183. The summed E-state index contributed by atoms with van der Waals surface area (Å²) in [6, 6.07) is -0.245. The molecule has 0 saturated heterocycles. The van der Waals surface area contributed by atoms with Crippen LogP contribution in [0.15, 0.2) is 4.99 Å². The van der Waals surface area contributed by atoms with E-state index in [2.05, 4.69) is 4.99 Å². The number of hydroxylamine groups is 2. The lowest BCUT2D eigenvalue weighted by atomic mass is 10.3. The molecule has 0 aromatic rings. The van der Waals surface area contributed by atoms with Gasteiger partial charge in [-0.25, -0.2) is 5.06 Å². The van der Waals surface area contributed by atoms with Crippen molar-refractivity contribution in [3.8, 4) is 0 Å². The van der Waals surface area contributed by atoms with Crippen molar-refractivity contribution in [2.75, 3.05) is 19.9 Å². The fraction of sp³-hybridized carbons (Fsp3) is 0.667. The molecule has 1 rings (SSSR count). The van der Waals surface area contributed by atoms with Crippen molar-refractivity contribution >= 4 is 23.2 Å². The Morgan fingerprint density at radius 2 is 2.64 bits per heavy atom. The summed E-state index contributed by atoms with van der Waals surface area (Å²) in [6.45, 7) is 0. The molecule has 62 valence electrons. The number of carbonyl (C=O) groups excluding carboxylic acids is 1. The third-order valence-electron chi connectivity index (χ3n) is 1.44. The third kappa shape index (κ3) is 1.94. The van der Waals surface area contributed by atoms with Crippen LogP contribution in [0.2, 0.25) is 0 Å². The molecule has 4 nitrogen and oxygen atoms in total. The largest absolute Gasteiger partial charge is 0.274 e. The van der Waals surface area contributed by atoms with Gasteiger partial charge in [-0.1, -0.05) is 0 Å². The van der Waals surface area contributed by atoms with Crippen LogP contribution in [0, 0.1) is 0 Å². The van der Waals surface area contributed by atoms with Gasteiger partial charge in [0.25, 0.3) is 5.91 Å². The van der Waals surface area contributed by atoms with E-state index in [4.69, 9.17) is 4.84 Å². The molecule has 0 saturated carbocycles. The van der Waals surface area contributed by atoms with E-state index in [-0.39, 0.29) is 11.9 Å². The Morgan fingerprint density at radius 1 is 1.91 bits per heavy atom. The maximum absolute atomic E-state index is 11.3. The van der Waals surface area contributed by atoms with Crippen LogP contribution < -0.4 is 0 Å². The zero-order valence-electron chi connectivity index (χ0n) is 6.48. The number of likely N-dealkylation sites (N-methyl/N-ethyl adjacent to an activating group) is 1. The average molecular weight is 174 g/mol. The van der Waals surface area contributed by atoms with Gasteiger partial charge in [0.2, 0.25) is 0 Å². The molecule has 0 fully saturated rings. The van der Waals surface area contributed by atoms with E-state index in [1.54, 1.807) is 24.4 Å². The molecule has 1 heterocycles. The van der Waals surface area contributed by atoms with Gasteiger partial charge in [-0.2, -0.15) is 0 Å². The van der Waals surface area contributed by atoms with E-state index in [1.807, 2.05) is 0 Å². The summed E-state index contributed by atoms with van der Waals surface area (Å²) < 4.78 is 0. The topological polar surface area (TPSA) is 41.9 Å². The molecule has 1 amide bonds. The Balaban J connectivity index is 2.46. The molecular formula is C6H10N2O2S. The van der Waals surface area contributed by atoms with Crippen LogP contribution in [0.5, 0.6) is 0 Å². The van der Waals surface area contributed by atoms with Gasteiger partial charge in [0.15, 0.2) is 0 Å². The molecule has 11 heavy (non-hydrogen) atoms. The highest BCUT2D eigenvalue weighted by atomic mass is 32.2. The number of rotatable bonds is 2. The first-order valence-electron chi connectivity index (χ1n) is 3.20. The second-order valence-corrected chi connectivity index (χ2v) is 3.00. The molecule has 0 aromatic heterocycles. The minimum absolute atomic E-state index is 0.0891. The molecule has 1 unspecified atom stereocenters. The van der Waals surface area contributed by atoms with E-state index in [0.717, 1.165) is 5.75 Å². The highest BCUT2D eigenvalue weighted by molar-refractivity contribution is 8.12. The van der Waals surface area contributed by atoms with Gasteiger partial charge < -0.3 is 0 Å². The Hall–Kier alpha value is -0.550. The molecule has 0 aliphatic carbocycles. The normalized spacial score (nSPS) is 22.2. The number of hydrogen-bond acceptors (Lipinski definition) is 4. The second-order valence-electron chi connectivity index (χ2n) is 2.12. The molecule has 0 aromatic carbocycles. The fourth-order valence-electron chi connectivity index (χ4n) is 0.729. The standard InChI is InChI=1S/C6H10N2O2S/c1-8(10-2)6(9)5-3-11-4-7-5/h4-5H,3H2,1-2H3. The van der Waals surface area contributed by atoms with Crippen molar-refractivity contribution in [2.24, 2.45) is 4.99 Å². The second kappa shape index (κ2) is 3.73. The number of carbonyl (C=O) groups is 1. The van der Waals surface area contributed by atoms with E-state index in [9.17, 15) is 4.79 Å². The lowest BCUT2D eigenvalue weighted by Gasteiger charge is -2.15. The average Bonchev–Trinajstić information content (AvgIpc) is 2.53. The van der Waals surface area contributed by atoms with Crippen molar-refractivity contribution in [3.05, 3.63) is 0 Å². The van der Waals surface area contributed by atoms with Gasteiger partial charge >= 0.3 is 0 Å². The van der Waals surface area contributed by atoms with Gasteiger partial charge in [-0.3, -0.25) is 14.6 Å². The summed E-state index contributed by atoms with van der Waals surface area (Å²) in [5.41, 5.74) is 1.70. The molecule has 5 heteroatoms. The summed E-state index contributed by atoms with van der Waals surface area (Å²) >= 11 is 1.54. The van der Waals surface area contributed by atoms with Crippen LogP contribution in [0.25, 0.3) is 0 Å².